The summed E-state index contributed by atoms with van der Waals surface area (Å²) < 4.78 is 5.87. The summed E-state index contributed by atoms with van der Waals surface area (Å²) in [5, 5.41) is 0. The van der Waals surface area contributed by atoms with Gasteiger partial charge < -0.3 is 10.5 Å². The number of nitrogens with two attached hydrogens (primary N) is 1. The van der Waals surface area contributed by atoms with Gasteiger partial charge in [-0.2, -0.15) is 0 Å². The molecule has 2 heteroatoms. The van der Waals surface area contributed by atoms with Crippen molar-refractivity contribution in [1.29, 1.82) is 0 Å². The first-order valence-corrected chi connectivity index (χ1v) is 7.87. The Bertz CT molecular complexity index is 440. The van der Waals surface area contributed by atoms with Gasteiger partial charge in [-0.25, -0.2) is 0 Å². The van der Waals surface area contributed by atoms with Crippen LogP contribution in [0.3, 0.4) is 0 Å². The number of hydrogen-bond donors (Lipinski definition) is 1. The topological polar surface area (TPSA) is 35.2 Å². The Morgan fingerprint density at radius 1 is 1.15 bits per heavy atom. The van der Waals surface area contributed by atoms with Crippen molar-refractivity contribution in [2.24, 2.45) is 11.7 Å². The number of aryl methyl sites for hydroxylation is 1. The van der Waals surface area contributed by atoms with Crippen molar-refractivity contribution in [3.63, 3.8) is 0 Å². The predicted octanol–water partition coefficient (Wildman–Crippen LogP) is 4.49. The molecular formula is C18H31NO. The number of ether oxygens (including phenoxy) is 1. The Kier molecular flexibility index (Phi) is 6.54. The standard InChI is InChI=1S/C18H31NO/c1-7-10-20-17-11-13(3)18(16(6)15(17)5)14(4)12(2)8-9-19/h11-12,14H,7-10,19H2,1-6H3. The first-order chi connectivity index (χ1) is 9.43. The first kappa shape index (κ1) is 17.0. The molecule has 0 aromatic heterocycles. The normalized spacial score (nSPS) is 14.2. The largest absolute Gasteiger partial charge is 0.493 e. The quantitative estimate of drug-likeness (QED) is 0.797. The molecule has 0 heterocycles. The second-order valence-electron chi connectivity index (χ2n) is 6.05. The molecule has 114 valence electrons. The lowest BCUT2D eigenvalue weighted by atomic mass is 9.81. The summed E-state index contributed by atoms with van der Waals surface area (Å²) in [5.41, 5.74) is 11.2. The molecule has 0 radical (unpaired) electrons. The maximum atomic E-state index is 5.87. The van der Waals surface area contributed by atoms with Gasteiger partial charge in [-0.1, -0.05) is 20.8 Å². The second kappa shape index (κ2) is 7.68. The van der Waals surface area contributed by atoms with E-state index in [0.717, 1.165) is 31.7 Å². The van der Waals surface area contributed by atoms with E-state index in [1.165, 1.54) is 22.3 Å². The lowest BCUT2D eigenvalue weighted by Crippen LogP contribution is -2.15. The van der Waals surface area contributed by atoms with E-state index in [1.54, 1.807) is 0 Å². The Balaban J connectivity index is 3.12. The summed E-state index contributed by atoms with van der Waals surface area (Å²) >= 11 is 0. The van der Waals surface area contributed by atoms with Crippen LogP contribution in [0.4, 0.5) is 0 Å². The van der Waals surface area contributed by atoms with Crippen molar-refractivity contribution in [2.75, 3.05) is 13.2 Å². The van der Waals surface area contributed by atoms with Crippen LogP contribution in [0, 0.1) is 26.7 Å². The molecular weight excluding hydrogens is 246 g/mol. The van der Waals surface area contributed by atoms with Crippen molar-refractivity contribution < 1.29 is 4.74 Å². The van der Waals surface area contributed by atoms with E-state index in [1.807, 2.05) is 0 Å². The molecule has 0 bridgehead atoms. The molecule has 2 unspecified atom stereocenters. The molecule has 2 nitrogen and oxygen atoms in total. The summed E-state index contributed by atoms with van der Waals surface area (Å²) in [6, 6.07) is 2.21. The molecule has 2 N–H and O–H groups in total. The van der Waals surface area contributed by atoms with Gasteiger partial charge in [0.25, 0.3) is 0 Å². The highest BCUT2D eigenvalue weighted by molar-refractivity contribution is 5.49. The van der Waals surface area contributed by atoms with Crippen LogP contribution in [0.25, 0.3) is 0 Å². The zero-order valence-corrected chi connectivity index (χ0v) is 14.0. The van der Waals surface area contributed by atoms with Crippen molar-refractivity contribution in [2.45, 2.75) is 60.3 Å². The third-order valence-electron chi connectivity index (χ3n) is 4.50. The molecule has 0 fully saturated rings. The zero-order valence-electron chi connectivity index (χ0n) is 14.0. The van der Waals surface area contributed by atoms with Gasteiger partial charge in [-0.05, 0) is 80.3 Å². The van der Waals surface area contributed by atoms with Crippen molar-refractivity contribution in [3.05, 3.63) is 28.3 Å². The second-order valence-corrected chi connectivity index (χ2v) is 6.05. The maximum Gasteiger partial charge on any atom is 0.122 e. The van der Waals surface area contributed by atoms with E-state index in [-0.39, 0.29) is 0 Å². The monoisotopic (exact) mass is 277 g/mol. The SMILES string of the molecule is CCCOc1cc(C)c(C(C)C(C)CCN)c(C)c1C. The molecule has 0 aliphatic carbocycles. The zero-order chi connectivity index (χ0) is 15.3. The summed E-state index contributed by atoms with van der Waals surface area (Å²) in [7, 11) is 0. The van der Waals surface area contributed by atoms with Crippen LogP contribution in [0.15, 0.2) is 6.07 Å². The van der Waals surface area contributed by atoms with Gasteiger partial charge in [0, 0.05) is 0 Å². The van der Waals surface area contributed by atoms with E-state index in [4.69, 9.17) is 10.5 Å². The van der Waals surface area contributed by atoms with E-state index in [9.17, 15) is 0 Å². The minimum Gasteiger partial charge on any atom is -0.493 e. The fourth-order valence-corrected chi connectivity index (χ4v) is 2.93. The number of rotatable bonds is 7. The molecule has 0 amide bonds. The van der Waals surface area contributed by atoms with Gasteiger partial charge in [0.2, 0.25) is 0 Å². The molecule has 0 aliphatic heterocycles. The highest BCUT2D eigenvalue weighted by Crippen LogP contribution is 2.36. The Labute approximate surface area is 124 Å². The van der Waals surface area contributed by atoms with Gasteiger partial charge in [-0.15, -0.1) is 0 Å². The first-order valence-electron chi connectivity index (χ1n) is 7.87. The molecule has 1 aromatic rings. The van der Waals surface area contributed by atoms with E-state index in [0.29, 0.717) is 11.8 Å². The van der Waals surface area contributed by atoms with E-state index in [2.05, 4.69) is 47.6 Å². The van der Waals surface area contributed by atoms with Gasteiger partial charge in [0.15, 0.2) is 0 Å². The lowest BCUT2D eigenvalue weighted by Gasteiger charge is -2.26. The number of benzene rings is 1. The Morgan fingerprint density at radius 2 is 1.80 bits per heavy atom. The van der Waals surface area contributed by atoms with E-state index >= 15 is 0 Å². The molecule has 20 heavy (non-hydrogen) atoms. The molecule has 2 atom stereocenters. The van der Waals surface area contributed by atoms with Gasteiger partial charge in [0.05, 0.1) is 6.61 Å². The lowest BCUT2D eigenvalue weighted by molar-refractivity contribution is 0.314. The van der Waals surface area contributed by atoms with Crippen molar-refractivity contribution in [3.8, 4) is 5.75 Å². The summed E-state index contributed by atoms with van der Waals surface area (Å²) in [4.78, 5) is 0. The van der Waals surface area contributed by atoms with Crippen molar-refractivity contribution >= 4 is 0 Å². The van der Waals surface area contributed by atoms with Crippen LogP contribution < -0.4 is 10.5 Å². The molecule has 0 saturated carbocycles. The molecule has 1 rings (SSSR count). The molecule has 0 aliphatic rings. The fourth-order valence-electron chi connectivity index (χ4n) is 2.93. The van der Waals surface area contributed by atoms with E-state index < -0.39 is 0 Å². The maximum absolute atomic E-state index is 5.87. The molecule has 0 spiro atoms. The minimum absolute atomic E-state index is 0.539. The van der Waals surface area contributed by atoms with Crippen LogP contribution in [-0.2, 0) is 0 Å². The minimum atomic E-state index is 0.539. The average molecular weight is 277 g/mol. The molecule has 1 aromatic carbocycles. The van der Waals surface area contributed by atoms with Gasteiger partial charge >= 0.3 is 0 Å². The van der Waals surface area contributed by atoms with Crippen LogP contribution in [0.2, 0.25) is 0 Å². The van der Waals surface area contributed by atoms with Crippen LogP contribution in [-0.4, -0.2) is 13.2 Å². The van der Waals surface area contributed by atoms with Crippen LogP contribution in [0.1, 0.15) is 61.8 Å². The summed E-state index contributed by atoms with van der Waals surface area (Å²) in [6.45, 7) is 14.9. The van der Waals surface area contributed by atoms with Gasteiger partial charge in [-0.3, -0.25) is 0 Å². The van der Waals surface area contributed by atoms with Crippen LogP contribution in [0.5, 0.6) is 5.75 Å². The van der Waals surface area contributed by atoms with Gasteiger partial charge in [0.1, 0.15) is 5.75 Å². The fraction of sp³-hybridized carbons (Fsp3) is 0.667. The Morgan fingerprint density at radius 3 is 2.35 bits per heavy atom. The average Bonchev–Trinajstić information content (AvgIpc) is 2.41. The smallest absolute Gasteiger partial charge is 0.122 e. The highest BCUT2D eigenvalue weighted by Gasteiger charge is 2.20. The Hall–Kier alpha value is -1.02. The summed E-state index contributed by atoms with van der Waals surface area (Å²) in [5.74, 6) is 2.20. The number of hydrogen-bond acceptors (Lipinski definition) is 2. The predicted molar refractivity (Wildman–Crippen MR) is 87.7 cm³/mol. The van der Waals surface area contributed by atoms with Crippen LogP contribution >= 0.6 is 0 Å². The molecule has 0 saturated heterocycles. The third kappa shape index (κ3) is 3.76. The highest BCUT2D eigenvalue weighted by atomic mass is 16.5. The van der Waals surface area contributed by atoms with Crippen molar-refractivity contribution in [1.82, 2.24) is 0 Å². The summed E-state index contributed by atoms with van der Waals surface area (Å²) in [6.07, 6.45) is 2.12. The third-order valence-corrected chi connectivity index (χ3v) is 4.50.